The van der Waals surface area contributed by atoms with E-state index < -0.39 is 0 Å². The summed E-state index contributed by atoms with van der Waals surface area (Å²) >= 11 is 0. The largest absolute Gasteiger partial charge is 0.496 e. The van der Waals surface area contributed by atoms with Gasteiger partial charge in [0.05, 0.1) is 25.6 Å². The Morgan fingerprint density at radius 2 is 2.00 bits per heavy atom. The number of ether oxygens (including phenoxy) is 4. The molecule has 14 heavy (non-hydrogen) atoms. The molecule has 0 spiro atoms. The predicted octanol–water partition coefficient (Wildman–Crippen LogP) is 1.32. The van der Waals surface area contributed by atoms with E-state index in [1.54, 1.807) is 0 Å². The van der Waals surface area contributed by atoms with Crippen molar-refractivity contribution < 1.29 is 18.9 Å². The second kappa shape index (κ2) is 5.34. The molecule has 0 N–H and O–H groups in total. The molecular weight excluding hydrogens is 184 g/mol. The number of hydrogen-bond donors (Lipinski definition) is 0. The molecule has 1 aliphatic rings. The van der Waals surface area contributed by atoms with Gasteiger partial charge in [0.1, 0.15) is 13.2 Å². The van der Waals surface area contributed by atoms with Crippen LogP contribution < -0.4 is 0 Å². The van der Waals surface area contributed by atoms with E-state index in [4.69, 9.17) is 18.9 Å². The summed E-state index contributed by atoms with van der Waals surface area (Å²) in [5.41, 5.74) is 0. The first-order chi connectivity index (χ1) is 6.62. The van der Waals surface area contributed by atoms with Gasteiger partial charge in [-0.3, -0.25) is 0 Å². The number of epoxide rings is 1. The minimum absolute atomic E-state index is 0.336. The molecule has 82 valence electrons. The van der Waals surface area contributed by atoms with Gasteiger partial charge in [0.25, 0.3) is 0 Å². The lowest BCUT2D eigenvalue weighted by molar-refractivity contribution is -0.0570. The molecule has 0 aromatic carbocycles. The first-order valence-corrected chi connectivity index (χ1v) is 4.76. The van der Waals surface area contributed by atoms with Crippen molar-refractivity contribution in [2.75, 3.05) is 33.0 Å². The normalized spacial score (nSPS) is 24.7. The minimum Gasteiger partial charge on any atom is -0.496 e. The van der Waals surface area contributed by atoms with Crippen LogP contribution in [0.25, 0.3) is 0 Å². The molecular formula is C10H18O4. The Morgan fingerprint density at radius 3 is 2.57 bits per heavy atom. The van der Waals surface area contributed by atoms with E-state index in [0.29, 0.717) is 38.8 Å². The zero-order chi connectivity index (χ0) is 10.4. The lowest BCUT2D eigenvalue weighted by atomic mass is 10.5. The third-order valence-corrected chi connectivity index (χ3v) is 1.76. The Labute approximate surface area is 84.8 Å². The summed E-state index contributed by atoms with van der Waals surface area (Å²) < 4.78 is 20.8. The molecule has 0 aliphatic carbocycles. The van der Waals surface area contributed by atoms with Crippen LogP contribution in [0.5, 0.6) is 0 Å². The van der Waals surface area contributed by atoms with Crippen molar-refractivity contribution >= 4 is 0 Å². The minimum atomic E-state index is -0.336. The Bertz CT molecular complexity index is 187. The van der Waals surface area contributed by atoms with Crippen LogP contribution in [-0.2, 0) is 18.9 Å². The lowest BCUT2D eigenvalue weighted by Gasteiger charge is -2.08. The van der Waals surface area contributed by atoms with Crippen LogP contribution in [0.3, 0.4) is 0 Å². The first kappa shape index (κ1) is 11.5. The van der Waals surface area contributed by atoms with E-state index in [1.807, 2.05) is 13.8 Å². The number of hydrogen-bond acceptors (Lipinski definition) is 4. The van der Waals surface area contributed by atoms with Gasteiger partial charge in [-0.2, -0.15) is 0 Å². The SMILES string of the molecule is C=C(C)OCCOCCOC1(C)CO1. The van der Waals surface area contributed by atoms with E-state index in [0.717, 1.165) is 0 Å². The molecule has 1 saturated heterocycles. The van der Waals surface area contributed by atoms with E-state index >= 15 is 0 Å². The summed E-state index contributed by atoms with van der Waals surface area (Å²) in [7, 11) is 0. The van der Waals surface area contributed by atoms with Gasteiger partial charge in [-0.05, 0) is 13.8 Å². The molecule has 1 aliphatic heterocycles. The molecule has 0 saturated carbocycles. The van der Waals surface area contributed by atoms with Gasteiger partial charge in [-0.15, -0.1) is 0 Å². The van der Waals surface area contributed by atoms with Crippen LogP contribution in [0.2, 0.25) is 0 Å². The fraction of sp³-hybridized carbons (Fsp3) is 0.800. The Hall–Kier alpha value is -0.580. The Morgan fingerprint density at radius 1 is 1.36 bits per heavy atom. The van der Waals surface area contributed by atoms with Crippen LogP contribution in [0.4, 0.5) is 0 Å². The summed E-state index contributed by atoms with van der Waals surface area (Å²) in [5.74, 6) is 0.376. The van der Waals surface area contributed by atoms with Gasteiger partial charge in [-0.25, -0.2) is 0 Å². The van der Waals surface area contributed by atoms with Gasteiger partial charge in [0, 0.05) is 0 Å². The van der Waals surface area contributed by atoms with Crippen molar-refractivity contribution in [2.24, 2.45) is 0 Å². The van der Waals surface area contributed by atoms with Crippen molar-refractivity contribution in [1.82, 2.24) is 0 Å². The summed E-state index contributed by atoms with van der Waals surface area (Å²) in [5, 5.41) is 0. The first-order valence-electron chi connectivity index (χ1n) is 4.76. The highest BCUT2D eigenvalue weighted by atomic mass is 16.8. The number of rotatable bonds is 8. The van der Waals surface area contributed by atoms with Gasteiger partial charge in [-0.1, -0.05) is 6.58 Å². The van der Waals surface area contributed by atoms with Crippen molar-refractivity contribution in [3.63, 3.8) is 0 Å². The maximum atomic E-state index is 5.36. The average molecular weight is 202 g/mol. The molecule has 1 heterocycles. The third kappa shape index (κ3) is 5.21. The second-order valence-electron chi connectivity index (χ2n) is 3.43. The maximum absolute atomic E-state index is 5.36. The monoisotopic (exact) mass is 202 g/mol. The van der Waals surface area contributed by atoms with Gasteiger partial charge in [0.15, 0.2) is 5.79 Å². The molecule has 4 heteroatoms. The fourth-order valence-corrected chi connectivity index (χ4v) is 0.878. The molecule has 1 rings (SSSR count). The van der Waals surface area contributed by atoms with Gasteiger partial charge in [0.2, 0.25) is 0 Å². The average Bonchev–Trinajstić information content (AvgIpc) is 2.82. The summed E-state index contributed by atoms with van der Waals surface area (Å²) in [6.45, 7) is 10.3. The van der Waals surface area contributed by atoms with Crippen LogP contribution in [0, 0.1) is 0 Å². The van der Waals surface area contributed by atoms with Crippen LogP contribution >= 0.6 is 0 Å². The molecule has 1 unspecified atom stereocenters. The molecule has 0 aromatic rings. The molecule has 0 aromatic heterocycles. The highest BCUT2D eigenvalue weighted by Crippen LogP contribution is 2.26. The smallest absolute Gasteiger partial charge is 0.189 e. The fourth-order valence-electron chi connectivity index (χ4n) is 0.878. The Balaban J connectivity index is 1.78. The van der Waals surface area contributed by atoms with Gasteiger partial charge >= 0.3 is 0 Å². The van der Waals surface area contributed by atoms with Crippen molar-refractivity contribution in [3.05, 3.63) is 12.3 Å². The quantitative estimate of drug-likeness (QED) is 0.338. The van der Waals surface area contributed by atoms with Crippen molar-refractivity contribution in [1.29, 1.82) is 0 Å². The highest BCUT2D eigenvalue weighted by molar-refractivity contribution is 4.75. The second-order valence-corrected chi connectivity index (χ2v) is 3.43. The van der Waals surface area contributed by atoms with Crippen LogP contribution in [-0.4, -0.2) is 38.8 Å². The zero-order valence-corrected chi connectivity index (χ0v) is 8.88. The molecule has 1 atom stereocenters. The molecule has 1 fully saturated rings. The van der Waals surface area contributed by atoms with Crippen molar-refractivity contribution in [3.8, 4) is 0 Å². The van der Waals surface area contributed by atoms with Crippen LogP contribution in [0.1, 0.15) is 13.8 Å². The van der Waals surface area contributed by atoms with E-state index in [2.05, 4.69) is 6.58 Å². The maximum Gasteiger partial charge on any atom is 0.189 e. The van der Waals surface area contributed by atoms with Crippen LogP contribution in [0.15, 0.2) is 12.3 Å². The molecule has 0 radical (unpaired) electrons. The Kier molecular flexibility index (Phi) is 4.38. The number of allylic oxidation sites excluding steroid dienone is 1. The third-order valence-electron chi connectivity index (χ3n) is 1.76. The summed E-state index contributed by atoms with van der Waals surface area (Å²) in [4.78, 5) is 0. The summed E-state index contributed by atoms with van der Waals surface area (Å²) in [6.07, 6.45) is 0. The predicted molar refractivity (Wildman–Crippen MR) is 51.9 cm³/mol. The topological polar surface area (TPSA) is 40.2 Å². The summed E-state index contributed by atoms with van der Waals surface area (Å²) in [6, 6.07) is 0. The lowest BCUT2D eigenvalue weighted by Crippen LogP contribution is -2.16. The van der Waals surface area contributed by atoms with E-state index in [1.165, 1.54) is 0 Å². The van der Waals surface area contributed by atoms with Crippen molar-refractivity contribution in [2.45, 2.75) is 19.6 Å². The van der Waals surface area contributed by atoms with Gasteiger partial charge < -0.3 is 18.9 Å². The molecule has 0 bridgehead atoms. The molecule has 4 nitrogen and oxygen atoms in total. The standard InChI is InChI=1S/C10H18O4/c1-9(2)12-6-4-11-5-7-13-10(3)8-14-10/h1,4-8H2,2-3H3. The highest BCUT2D eigenvalue weighted by Gasteiger charge is 2.40. The zero-order valence-electron chi connectivity index (χ0n) is 8.88. The van der Waals surface area contributed by atoms with E-state index in [9.17, 15) is 0 Å². The molecule has 0 amide bonds. The van der Waals surface area contributed by atoms with E-state index in [-0.39, 0.29) is 5.79 Å².